The second-order valence-corrected chi connectivity index (χ2v) is 10.6. The second-order valence-electron chi connectivity index (χ2n) is 10.6. The third-order valence-corrected chi connectivity index (χ3v) is 7.69. The average molecular weight is 598 g/mol. The van der Waals surface area contributed by atoms with Gasteiger partial charge in [0.25, 0.3) is 0 Å². The molecule has 0 fully saturated rings. The lowest BCUT2D eigenvalue weighted by Gasteiger charge is -2.35. The molecule has 0 aliphatic carbocycles. The van der Waals surface area contributed by atoms with Crippen LogP contribution in [0.4, 0.5) is 4.39 Å². The van der Waals surface area contributed by atoms with Gasteiger partial charge in [-0.15, -0.1) is 0 Å². The van der Waals surface area contributed by atoms with Gasteiger partial charge in [-0.1, -0.05) is 78.9 Å². The standard InChI is InChI=1S/C35H32FNO7/c1-22(37(21-33(39)40)32(38)19-24-13-16-29(34(41)42)30(18-24)35(43)44)27(15-12-23-8-4-2-5-9-23)26-14-17-28(31(36)20-26)25-10-6-3-7-11-25/h2-11,13-14,16-18,20,22,27H,12,15,19,21H2,1H3,(H,39,40)(H,41,42)(H,43,44). The van der Waals surface area contributed by atoms with Crippen molar-refractivity contribution in [3.05, 3.63) is 131 Å². The van der Waals surface area contributed by atoms with Crippen LogP contribution in [0.25, 0.3) is 11.1 Å². The summed E-state index contributed by atoms with van der Waals surface area (Å²) in [6, 6.07) is 26.5. The number of aromatic carboxylic acids is 2. The van der Waals surface area contributed by atoms with Crippen LogP contribution in [0.15, 0.2) is 97.1 Å². The molecule has 44 heavy (non-hydrogen) atoms. The molecule has 4 aromatic rings. The molecule has 4 rings (SSSR count). The Morgan fingerprint density at radius 3 is 1.98 bits per heavy atom. The van der Waals surface area contributed by atoms with Crippen molar-refractivity contribution in [2.75, 3.05) is 6.54 Å². The number of nitrogens with zero attached hydrogens (tertiary/aromatic N) is 1. The van der Waals surface area contributed by atoms with Crippen molar-refractivity contribution in [2.45, 2.75) is 38.1 Å². The van der Waals surface area contributed by atoms with E-state index in [9.17, 15) is 34.5 Å². The summed E-state index contributed by atoms with van der Waals surface area (Å²) in [6.45, 7) is 1.08. The molecule has 0 saturated carbocycles. The van der Waals surface area contributed by atoms with Crippen LogP contribution < -0.4 is 0 Å². The third-order valence-electron chi connectivity index (χ3n) is 7.69. The largest absolute Gasteiger partial charge is 0.480 e. The molecule has 2 unspecified atom stereocenters. The van der Waals surface area contributed by atoms with E-state index in [1.165, 1.54) is 17.0 Å². The summed E-state index contributed by atoms with van der Waals surface area (Å²) in [5.41, 5.74) is 2.08. The molecule has 226 valence electrons. The number of hydrogen-bond donors (Lipinski definition) is 3. The number of aryl methyl sites for hydroxylation is 1. The van der Waals surface area contributed by atoms with Gasteiger partial charge in [0.2, 0.25) is 5.91 Å². The fourth-order valence-corrected chi connectivity index (χ4v) is 5.43. The Morgan fingerprint density at radius 2 is 1.39 bits per heavy atom. The van der Waals surface area contributed by atoms with E-state index >= 15 is 4.39 Å². The molecule has 0 spiro atoms. The van der Waals surface area contributed by atoms with Crippen LogP contribution in [0.2, 0.25) is 0 Å². The van der Waals surface area contributed by atoms with Crippen molar-refractivity contribution in [1.82, 2.24) is 4.90 Å². The van der Waals surface area contributed by atoms with Crippen molar-refractivity contribution in [3.8, 4) is 11.1 Å². The molecule has 0 saturated heterocycles. The lowest BCUT2D eigenvalue weighted by Crippen LogP contribution is -2.45. The van der Waals surface area contributed by atoms with Crippen molar-refractivity contribution in [2.24, 2.45) is 0 Å². The minimum Gasteiger partial charge on any atom is -0.480 e. The molecule has 0 bridgehead atoms. The maximum atomic E-state index is 15.5. The van der Waals surface area contributed by atoms with E-state index in [4.69, 9.17) is 0 Å². The van der Waals surface area contributed by atoms with Gasteiger partial charge >= 0.3 is 17.9 Å². The predicted octanol–water partition coefficient (Wildman–Crippen LogP) is 6.15. The van der Waals surface area contributed by atoms with Crippen LogP contribution in [0, 0.1) is 5.82 Å². The van der Waals surface area contributed by atoms with Crippen LogP contribution >= 0.6 is 0 Å². The highest BCUT2D eigenvalue weighted by atomic mass is 19.1. The molecule has 4 aromatic carbocycles. The van der Waals surface area contributed by atoms with Crippen molar-refractivity contribution in [3.63, 3.8) is 0 Å². The van der Waals surface area contributed by atoms with Crippen molar-refractivity contribution in [1.29, 1.82) is 0 Å². The molecule has 0 aromatic heterocycles. The van der Waals surface area contributed by atoms with E-state index < -0.39 is 59.3 Å². The topological polar surface area (TPSA) is 132 Å². The monoisotopic (exact) mass is 597 g/mol. The normalized spacial score (nSPS) is 12.2. The van der Waals surface area contributed by atoms with E-state index in [0.29, 0.717) is 29.5 Å². The Bertz CT molecular complexity index is 1660. The molecule has 1 amide bonds. The summed E-state index contributed by atoms with van der Waals surface area (Å²) in [6.07, 6.45) is 0.714. The zero-order valence-electron chi connectivity index (χ0n) is 24.0. The predicted molar refractivity (Wildman–Crippen MR) is 162 cm³/mol. The Labute approximate surface area is 254 Å². The van der Waals surface area contributed by atoms with E-state index in [-0.39, 0.29) is 12.0 Å². The first-order valence-electron chi connectivity index (χ1n) is 14.0. The lowest BCUT2D eigenvalue weighted by molar-refractivity contribution is -0.146. The number of benzene rings is 4. The number of amides is 1. The van der Waals surface area contributed by atoms with Gasteiger partial charge in [0.15, 0.2) is 0 Å². The zero-order chi connectivity index (χ0) is 31.8. The summed E-state index contributed by atoms with van der Waals surface area (Å²) in [4.78, 5) is 49.9. The summed E-state index contributed by atoms with van der Waals surface area (Å²) >= 11 is 0. The first-order valence-corrected chi connectivity index (χ1v) is 14.0. The summed E-state index contributed by atoms with van der Waals surface area (Å²) in [7, 11) is 0. The SMILES string of the molecule is CC(C(CCc1ccccc1)c1ccc(-c2ccccc2)c(F)c1)N(CC(=O)O)C(=O)Cc1ccc(C(=O)O)c(C(=O)O)c1. The lowest BCUT2D eigenvalue weighted by atomic mass is 9.85. The highest BCUT2D eigenvalue weighted by molar-refractivity contribution is 6.02. The van der Waals surface area contributed by atoms with Crippen LogP contribution in [-0.2, 0) is 22.4 Å². The smallest absolute Gasteiger partial charge is 0.336 e. The molecule has 8 nitrogen and oxygen atoms in total. The number of carboxylic acids is 3. The highest BCUT2D eigenvalue weighted by Gasteiger charge is 2.31. The molecule has 2 atom stereocenters. The Kier molecular flexibility index (Phi) is 10.2. The van der Waals surface area contributed by atoms with Crippen LogP contribution in [0.5, 0.6) is 0 Å². The Balaban J connectivity index is 1.68. The number of halogens is 1. The van der Waals surface area contributed by atoms with Crippen LogP contribution in [-0.4, -0.2) is 56.6 Å². The maximum absolute atomic E-state index is 15.5. The number of carboxylic acid groups (broad SMARTS) is 3. The fraction of sp³-hybridized carbons (Fsp3) is 0.200. The molecule has 9 heteroatoms. The number of hydrogen-bond acceptors (Lipinski definition) is 4. The average Bonchev–Trinajstić information content (AvgIpc) is 3.00. The molecule has 0 aliphatic heterocycles. The highest BCUT2D eigenvalue weighted by Crippen LogP contribution is 2.33. The zero-order valence-corrected chi connectivity index (χ0v) is 24.0. The minimum atomic E-state index is -1.46. The van der Waals surface area contributed by atoms with Gasteiger partial charge in [-0.2, -0.15) is 0 Å². The van der Waals surface area contributed by atoms with Crippen molar-refractivity contribution < 1.29 is 38.9 Å². The van der Waals surface area contributed by atoms with E-state index in [1.807, 2.05) is 48.5 Å². The Morgan fingerprint density at radius 1 is 0.750 bits per heavy atom. The number of rotatable bonds is 13. The quantitative estimate of drug-likeness (QED) is 0.168. The van der Waals surface area contributed by atoms with Gasteiger partial charge in [0.05, 0.1) is 17.5 Å². The molecular weight excluding hydrogens is 565 g/mol. The van der Waals surface area contributed by atoms with Gasteiger partial charge in [-0.05, 0) is 60.2 Å². The summed E-state index contributed by atoms with van der Waals surface area (Å²) in [5.74, 6) is -5.62. The van der Waals surface area contributed by atoms with Gasteiger partial charge < -0.3 is 20.2 Å². The molecule has 3 N–H and O–H groups in total. The van der Waals surface area contributed by atoms with E-state index in [0.717, 1.165) is 17.7 Å². The van der Waals surface area contributed by atoms with Crippen LogP contribution in [0.3, 0.4) is 0 Å². The first-order chi connectivity index (χ1) is 21.0. The first kappa shape index (κ1) is 31.6. The summed E-state index contributed by atoms with van der Waals surface area (Å²) in [5, 5.41) is 28.5. The van der Waals surface area contributed by atoms with Gasteiger partial charge in [-0.25, -0.2) is 14.0 Å². The fourth-order valence-electron chi connectivity index (χ4n) is 5.43. The third kappa shape index (κ3) is 7.74. The summed E-state index contributed by atoms with van der Waals surface area (Å²) < 4.78 is 15.5. The van der Waals surface area contributed by atoms with Crippen molar-refractivity contribution >= 4 is 23.8 Å². The molecule has 0 heterocycles. The maximum Gasteiger partial charge on any atom is 0.336 e. The van der Waals surface area contributed by atoms with E-state index in [2.05, 4.69) is 0 Å². The molecule has 0 radical (unpaired) electrons. The number of aliphatic carboxylic acids is 1. The number of carbonyl (C=O) groups excluding carboxylic acids is 1. The molecular formula is C35H32FNO7. The van der Waals surface area contributed by atoms with Crippen LogP contribution in [0.1, 0.15) is 56.7 Å². The van der Waals surface area contributed by atoms with Gasteiger partial charge in [0, 0.05) is 17.5 Å². The minimum absolute atomic E-state index is 0.221. The molecule has 0 aliphatic rings. The van der Waals surface area contributed by atoms with Gasteiger partial charge in [0.1, 0.15) is 12.4 Å². The van der Waals surface area contributed by atoms with E-state index in [1.54, 1.807) is 31.2 Å². The Hall–Kier alpha value is -5.31. The number of carbonyl (C=O) groups is 4. The van der Waals surface area contributed by atoms with Gasteiger partial charge in [-0.3, -0.25) is 9.59 Å². The second kappa shape index (κ2) is 14.2.